The summed E-state index contributed by atoms with van der Waals surface area (Å²) in [6.45, 7) is 2.10. The largest absolute Gasteiger partial charge is 0.493 e. The number of benzene rings is 1. The van der Waals surface area contributed by atoms with E-state index in [-0.39, 0.29) is 0 Å². The van der Waals surface area contributed by atoms with E-state index in [1.165, 1.54) is 5.56 Å². The number of nitrogens with zero attached hydrogens (tertiary/aromatic N) is 1. The Balaban J connectivity index is 2.26. The van der Waals surface area contributed by atoms with E-state index in [2.05, 4.69) is 11.9 Å². The Morgan fingerprint density at radius 2 is 2.00 bits per heavy atom. The van der Waals surface area contributed by atoms with Gasteiger partial charge in [-0.2, -0.15) is 0 Å². The quantitative estimate of drug-likeness (QED) is 0.768. The van der Waals surface area contributed by atoms with Gasteiger partial charge in [-0.1, -0.05) is 19.1 Å². The van der Waals surface area contributed by atoms with Crippen LogP contribution in [-0.2, 0) is 12.3 Å². The smallest absolute Gasteiger partial charge is 0.219 e. The average Bonchev–Trinajstić information content (AvgIpc) is 2.48. The van der Waals surface area contributed by atoms with Crippen LogP contribution < -0.4 is 9.47 Å². The fraction of sp³-hybridized carbons (Fsp3) is 0.267. The van der Waals surface area contributed by atoms with Crippen LogP contribution in [0.4, 0.5) is 0 Å². The number of aryl methyl sites for hydroxylation is 1. The molecule has 0 atom stereocenters. The van der Waals surface area contributed by atoms with E-state index >= 15 is 0 Å². The summed E-state index contributed by atoms with van der Waals surface area (Å²) >= 11 is 5.76. The van der Waals surface area contributed by atoms with E-state index in [1.54, 1.807) is 13.2 Å². The zero-order valence-electron chi connectivity index (χ0n) is 11.0. The maximum Gasteiger partial charge on any atom is 0.219 e. The van der Waals surface area contributed by atoms with Crippen molar-refractivity contribution in [2.75, 3.05) is 7.11 Å². The van der Waals surface area contributed by atoms with E-state index in [4.69, 9.17) is 21.1 Å². The van der Waals surface area contributed by atoms with Crippen LogP contribution in [0.15, 0.2) is 36.4 Å². The molecule has 0 saturated heterocycles. The molecule has 19 heavy (non-hydrogen) atoms. The van der Waals surface area contributed by atoms with Gasteiger partial charge < -0.3 is 9.47 Å². The van der Waals surface area contributed by atoms with Crippen molar-refractivity contribution in [3.63, 3.8) is 0 Å². The Kier molecular flexibility index (Phi) is 4.63. The van der Waals surface area contributed by atoms with Gasteiger partial charge >= 0.3 is 0 Å². The lowest BCUT2D eigenvalue weighted by molar-refractivity contribution is 0.373. The van der Waals surface area contributed by atoms with Crippen molar-refractivity contribution in [3.05, 3.63) is 47.7 Å². The summed E-state index contributed by atoms with van der Waals surface area (Å²) in [4.78, 5) is 4.29. The summed E-state index contributed by atoms with van der Waals surface area (Å²) in [7, 11) is 1.63. The minimum absolute atomic E-state index is 0.364. The van der Waals surface area contributed by atoms with Crippen molar-refractivity contribution in [1.29, 1.82) is 0 Å². The first-order valence-corrected chi connectivity index (χ1v) is 6.67. The lowest BCUT2D eigenvalue weighted by Crippen LogP contribution is -1.95. The van der Waals surface area contributed by atoms with Crippen LogP contribution in [0, 0.1) is 0 Å². The SMILES string of the molecule is CCc1ccc(Oc2cccc(CCl)n2)c(OC)c1. The predicted molar refractivity (Wildman–Crippen MR) is 76.2 cm³/mol. The zero-order valence-corrected chi connectivity index (χ0v) is 11.8. The molecule has 100 valence electrons. The molecule has 0 radical (unpaired) electrons. The second-order valence-electron chi connectivity index (χ2n) is 4.04. The first-order chi connectivity index (χ1) is 9.26. The van der Waals surface area contributed by atoms with Crippen molar-refractivity contribution in [2.24, 2.45) is 0 Å². The number of rotatable bonds is 5. The minimum atomic E-state index is 0.364. The van der Waals surface area contributed by atoms with Gasteiger partial charge in [-0.25, -0.2) is 4.98 Å². The molecule has 0 spiro atoms. The number of methoxy groups -OCH3 is 1. The van der Waals surface area contributed by atoms with E-state index in [0.717, 1.165) is 12.1 Å². The molecule has 0 amide bonds. The Hall–Kier alpha value is -1.74. The Bertz CT molecular complexity index is 558. The fourth-order valence-electron chi connectivity index (χ4n) is 1.72. The van der Waals surface area contributed by atoms with E-state index in [9.17, 15) is 0 Å². The molecule has 0 bridgehead atoms. The molecule has 0 saturated carbocycles. The van der Waals surface area contributed by atoms with Gasteiger partial charge in [0.05, 0.1) is 18.7 Å². The van der Waals surface area contributed by atoms with Crippen LogP contribution in [0.1, 0.15) is 18.2 Å². The highest BCUT2D eigenvalue weighted by Gasteiger charge is 2.07. The highest BCUT2D eigenvalue weighted by molar-refractivity contribution is 6.16. The van der Waals surface area contributed by atoms with E-state index in [0.29, 0.717) is 23.3 Å². The maximum absolute atomic E-state index is 5.76. The molecule has 2 aromatic rings. The number of pyridine rings is 1. The van der Waals surface area contributed by atoms with Crippen LogP contribution >= 0.6 is 11.6 Å². The molecule has 0 aliphatic heterocycles. The number of ether oxygens (including phenoxy) is 2. The van der Waals surface area contributed by atoms with Crippen LogP contribution in [-0.4, -0.2) is 12.1 Å². The molecular weight excluding hydrogens is 262 g/mol. The van der Waals surface area contributed by atoms with Gasteiger partial charge in [-0.05, 0) is 30.2 Å². The third-order valence-electron chi connectivity index (χ3n) is 2.77. The molecule has 0 aliphatic rings. The van der Waals surface area contributed by atoms with Gasteiger partial charge in [0.1, 0.15) is 0 Å². The van der Waals surface area contributed by atoms with Gasteiger partial charge in [0.25, 0.3) is 0 Å². The number of aromatic nitrogens is 1. The molecule has 0 fully saturated rings. The second-order valence-corrected chi connectivity index (χ2v) is 4.31. The molecule has 0 N–H and O–H groups in total. The Labute approximate surface area is 118 Å². The number of alkyl halides is 1. The molecule has 4 heteroatoms. The second kappa shape index (κ2) is 6.43. The van der Waals surface area contributed by atoms with Crippen LogP contribution in [0.25, 0.3) is 0 Å². The molecule has 1 aromatic carbocycles. The summed E-state index contributed by atoms with van der Waals surface area (Å²) in [6.07, 6.45) is 0.955. The van der Waals surface area contributed by atoms with Crippen LogP contribution in [0.3, 0.4) is 0 Å². The normalized spacial score (nSPS) is 10.3. The maximum atomic E-state index is 5.76. The number of hydrogen-bond acceptors (Lipinski definition) is 3. The molecule has 2 rings (SSSR count). The van der Waals surface area contributed by atoms with Gasteiger partial charge in [0.2, 0.25) is 5.88 Å². The van der Waals surface area contributed by atoms with Crippen molar-refractivity contribution in [3.8, 4) is 17.4 Å². The lowest BCUT2D eigenvalue weighted by Gasteiger charge is -2.11. The standard InChI is InChI=1S/C15H16ClNO2/c1-3-11-7-8-13(14(9-11)18-2)19-15-6-4-5-12(10-16)17-15/h4-9H,3,10H2,1-2H3. The summed E-state index contributed by atoms with van der Waals surface area (Å²) in [6, 6.07) is 11.4. The first-order valence-electron chi connectivity index (χ1n) is 6.13. The molecule has 3 nitrogen and oxygen atoms in total. The fourth-order valence-corrected chi connectivity index (χ4v) is 1.87. The highest BCUT2D eigenvalue weighted by atomic mass is 35.5. The summed E-state index contributed by atoms with van der Waals surface area (Å²) < 4.78 is 11.1. The van der Waals surface area contributed by atoms with E-state index < -0.39 is 0 Å². The van der Waals surface area contributed by atoms with Crippen molar-refractivity contribution < 1.29 is 9.47 Å². The van der Waals surface area contributed by atoms with E-state index in [1.807, 2.05) is 30.3 Å². The zero-order chi connectivity index (χ0) is 13.7. The third kappa shape index (κ3) is 3.38. The molecule has 1 heterocycles. The van der Waals surface area contributed by atoms with Crippen LogP contribution in [0.2, 0.25) is 0 Å². The predicted octanol–water partition coefficient (Wildman–Crippen LogP) is 4.18. The average molecular weight is 278 g/mol. The minimum Gasteiger partial charge on any atom is -0.493 e. The van der Waals surface area contributed by atoms with Gasteiger partial charge in [-0.15, -0.1) is 11.6 Å². The topological polar surface area (TPSA) is 31.4 Å². The van der Waals surface area contributed by atoms with Gasteiger partial charge in [0.15, 0.2) is 11.5 Å². The molecule has 0 aliphatic carbocycles. The summed E-state index contributed by atoms with van der Waals surface area (Å²) in [5.41, 5.74) is 1.98. The van der Waals surface area contributed by atoms with Crippen molar-refractivity contribution in [1.82, 2.24) is 4.98 Å². The first kappa shape index (κ1) is 13.7. The number of hydrogen-bond donors (Lipinski definition) is 0. The van der Waals surface area contributed by atoms with Gasteiger partial charge in [-0.3, -0.25) is 0 Å². The van der Waals surface area contributed by atoms with Gasteiger partial charge in [0, 0.05) is 6.07 Å². The molecule has 0 unspecified atom stereocenters. The lowest BCUT2D eigenvalue weighted by atomic mass is 10.1. The summed E-state index contributed by atoms with van der Waals surface area (Å²) in [5.74, 6) is 2.24. The highest BCUT2D eigenvalue weighted by Crippen LogP contribution is 2.31. The molecule has 1 aromatic heterocycles. The van der Waals surface area contributed by atoms with Crippen molar-refractivity contribution >= 4 is 11.6 Å². The molecular formula is C15H16ClNO2. The number of halogens is 1. The Morgan fingerprint density at radius 1 is 1.16 bits per heavy atom. The van der Waals surface area contributed by atoms with Crippen molar-refractivity contribution in [2.45, 2.75) is 19.2 Å². The van der Waals surface area contributed by atoms with Crippen LogP contribution in [0.5, 0.6) is 17.4 Å². The monoisotopic (exact) mass is 277 g/mol. The summed E-state index contributed by atoms with van der Waals surface area (Å²) in [5, 5.41) is 0. The third-order valence-corrected chi connectivity index (χ3v) is 3.04. The Morgan fingerprint density at radius 3 is 2.68 bits per heavy atom.